The standard InChI is InChI=1S/C20H17FN4O3/c1-2-20(14-7-9-15(21)10-8-14)18(27)25(19(28)24-20)12-17(26)23-16-6-4-3-5-13(16)11-22/h3-10H,2,12H2,1H3,(H,23,26)(H,24,28). The van der Waals surface area contributed by atoms with E-state index in [9.17, 15) is 18.8 Å². The molecule has 0 radical (unpaired) electrons. The molecule has 1 unspecified atom stereocenters. The third kappa shape index (κ3) is 3.30. The van der Waals surface area contributed by atoms with Crippen molar-refractivity contribution >= 4 is 23.5 Å². The van der Waals surface area contributed by atoms with Gasteiger partial charge >= 0.3 is 6.03 Å². The number of imide groups is 1. The largest absolute Gasteiger partial charge is 0.325 e. The number of para-hydroxylation sites is 1. The average Bonchev–Trinajstić information content (AvgIpc) is 2.94. The predicted molar refractivity (Wildman–Crippen MR) is 98.4 cm³/mol. The van der Waals surface area contributed by atoms with Crippen molar-refractivity contribution in [3.05, 3.63) is 65.5 Å². The highest BCUT2D eigenvalue weighted by Crippen LogP contribution is 2.32. The predicted octanol–water partition coefficient (Wildman–Crippen LogP) is 2.49. The Balaban J connectivity index is 1.80. The Morgan fingerprint density at radius 1 is 1.21 bits per heavy atom. The SMILES string of the molecule is CCC1(c2ccc(F)cc2)NC(=O)N(CC(=O)Nc2ccccc2C#N)C1=O. The van der Waals surface area contributed by atoms with Gasteiger partial charge in [0, 0.05) is 0 Å². The lowest BCUT2D eigenvalue weighted by molar-refractivity contribution is -0.134. The lowest BCUT2D eigenvalue weighted by Gasteiger charge is -2.25. The molecule has 1 heterocycles. The van der Waals surface area contributed by atoms with Gasteiger partial charge in [0.05, 0.1) is 11.3 Å². The molecule has 4 amide bonds. The zero-order valence-electron chi connectivity index (χ0n) is 15.0. The number of anilines is 1. The summed E-state index contributed by atoms with van der Waals surface area (Å²) < 4.78 is 13.2. The summed E-state index contributed by atoms with van der Waals surface area (Å²) in [4.78, 5) is 38.6. The van der Waals surface area contributed by atoms with Crippen LogP contribution in [0, 0.1) is 17.1 Å². The third-order valence-electron chi connectivity index (χ3n) is 4.67. The quantitative estimate of drug-likeness (QED) is 0.778. The molecule has 0 spiro atoms. The molecule has 1 saturated heterocycles. The van der Waals surface area contributed by atoms with E-state index in [1.807, 2.05) is 6.07 Å². The van der Waals surface area contributed by atoms with E-state index in [1.165, 1.54) is 24.3 Å². The van der Waals surface area contributed by atoms with Crippen LogP contribution < -0.4 is 10.6 Å². The van der Waals surface area contributed by atoms with Crippen LogP contribution in [-0.4, -0.2) is 29.3 Å². The van der Waals surface area contributed by atoms with Crippen molar-refractivity contribution in [3.8, 4) is 6.07 Å². The summed E-state index contributed by atoms with van der Waals surface area (Å²) in [5, 5.41) is 14.3. The van der Waals surface area contributed by atoms with Crippen LogP contribution in [-0.2, 0) is 15.1 Å². The number of nitriles is 1. The Kier molecular flexibility index (Phi) is 5.09. The zero-order chi connectivity index (χ0) is 20.3. The van der Waals surface area contributed by atoms with E-state index in [0.717, 1.165) is 4.90 Å². The number of carbonyl (C=O) groups excluding carboxylic acids is 3. The maximum absolute atomic E-state index is 13.2. The summed E-state index contributed by atoms with van der Waals surface area (Å²) in [6, 6.07) is 12.9. The first-order chi connectivity index (χ1) is 13.4. The molecule has 0 aliphatic carbocycles. The average molecular weight is 380 g/mol. The smallest absolute Gasteiger partial charge is 0.323 e. The van der Waals surface area contributed by atoms with Gasteiger partial charge in [-0.3, -0.25) is 14.5 Å². The summed E-state index contributed by atoms with van der Waals surface area (Å²) in [7, 11) is 0. The lowest BCUT2D eigenvalue weighted by atomic mass is 9.87. The molecule has 1 atom stereocenters. The Morgan fingerprint density at radius 2 is 1.89 bits per heavy atom. The number of amides is 4. The molecule has 0 aromatic heterocycles. The van der Waals surface area contributed by atoms with Gasteiger partial charge in [-0.05, 0) is 36.2 Å². The van der Waals surface area contributed by atoms with Crippen LogP contribution >= 0.6 is 0 Å². The van der Waals surface area contributed by atoms with Crippen LogP contribution in [0.3, 0.4) is 0 Å². The molecule has 8 heteroatoms. The van der Waals surface area contributed by atoms with Gasteiger partial charge in [0.2, 0.25) is 5.91 Å². The van der Waals surface area contributed by atoms with Gasteiger partial charge in [-0.25, -0.2) is 9.18 Å². The van der Waals surface area contributed by atoms with Crippen molar-refractivity contribution in [2.24, 2.45) is 0 Å². The zero-order valence-corrected chi connectivity index (χ0v) is 15.0. The number of rotatable bonds is 5. The summed E-state index contributed by atoms with van der Waals surface area (Å²) in [6.45, 7) is 1.21. The van der Waals surface area contributed by atoms with Crippen LogP contribution in [0.15, 0.2) is 48.5 Å². The second-order valence-corrected chi connectivity index (χ2v) is 6.29. The van der Waals surface area contributed by atoms with Gasteiger partial charge in [-0.15, -0.1) is 0 Å². The summed E-state index contributed by atoms with van der Waals surface area (Å²) in [6.07, 6.45) is 0.235. The topological polar surface area (TPSA) is 102 Å². The summed E-state index contributed by atoms with van der Waals surface area (Å²) >= 11 is 0. The van der Waals surface area contributed by atoms with Crippen LogP contribution in [0.25, 0.3) is 0 Å². The Hall–Kier alpha value is -3.73. The van der Waals surface area contributed by atoms with E-state index >= 15 is 0 Å². The van der Waals surface area contributed by atoms with Gasteiger partial charge < -0.3 is 10.6 Å². The molecule has 1 aliphatic heterocycles. The van der Waals surface area contributed by atoms with Crippen molar-refractivity contribution in [1.82, 2.24) is 10.2 Å². The Morgan fingerprint density at radius 3 is 2.54 bits per heavy atom. The molecular formula is C20H17FN4O3. The first-order valence-electron chi connectivity index (χ1n) is 8.60. The lowest BCUT2D eigenvalue weighted by Crippen LogP contribution is -2.44. The number of hydrogen-bond acceptors (Lipinski definition) is 4. The van der Waals surface area contributed by atoms with E-state index in [-0.39, 0.29) is 12.0 Å². The number of benzene rings is 2. The second kappa shape index (κ2) is 7.48. The van der Waals surface area contributed by atoms with E-state index in [1.54, 1.807) is 31.2 Å². The molecule has 3 rings (SSSR count). The van der Waals surface area contributed by atoms with Crippen molar-refractivity contribution in [2.45, 2.75) is 18.9 Å². The molecule has 2 aromatic carbocycles. The molecule has 1 fully saturated rings. The molecule has 2 N–H and O–H groups in total. The van der Waals surface area contributed by atoms with Crippen molar-refractivity contribution < 1.29 is 18.8 Å². The number of nitrogens with zero attached hydrogens (tertiary/aromatic N) is 2. The number of hydrogen-bond donors (Lipinski definition) is 2. The Bertz CT molecular complexity index is 984. The van der Waals surface area contributed by atoms with E-state index in [4.69, 9.17) is 5.26 Å². The minimum Gasteiger partial charge on any atom is -0.323 e. The van der Waals surface area contributed by atoms with E-state index in [2.05, 4.69) is 10.6 Å². The van der Waals surface area contributed by atoms with Crippen molar-refractivity contribution in [3.63, 3.8) is 0 Å². The first kappa shape index (κ1) is 19.0. The molecule has 0 bridgehead atoms. The fraction of sp³-hybridized carbons (Fsp3) is 0.200. The second-order valence-electron chi connectivity index (χ2n) is 6.29. The first-order valence-corrected chi connectivity index (χ1v) is 8.60. The molecular weight excluding hydrogens is 363 g/mol. The molecule has 0 saturated carbocycles. The monoisotopic (exact) mass is 380 g/mol. The maximum atomic E-state index is 13.2. The summed E-state index contributed by atoms with van der Waals surface area (Å²) in [5.74, 6) is -1.66. The maximum Gasteiger partial charge on any atom is 0.325 e. The number of nitrogens with one attached hydrogen (secondary N) is 2. The summed E-state index contributed by atoms with van der Waals surface area (Å²) in [5.41, 5.74) is -0.354. The number of halogens is 1. The van der Waals surface area contributed by atoms with Crippen LogP contribution in [0.2, 0.25) is 0 Å². The fourth-order valence-corrected chi connectivity index (χ4v) is 3.17. The van der Waals surface area contributed by atoms with Crippen molar-refractivity contribution in [1.29, 1.82) is 5.26 Å². The molecule has 1 aliphatic rings. The van der Waals surface area contributed by atoms with Gasteiger partial charge in [0.25, 0.3) is 5.91 Å². The van der Waals surface area contributed by atoms with Gasteiger partial charge in [0.1, 0.15) is 24.0 Å². The highest BCUT2D eigenvalue weighted by atomic mass is 19.1. The Labute approximate surface area is 160 Å². The number of urea groups is 1. The van der Waals surface area contributed by atoms with Crippen LogP contribution in [0.1, 0.15) is 24.5 Å². The highest BCUT2D eigenvalue weighted by molar-refractivity contribution is 6.10. The molecule has 142 valence electrons. The molecule has 7 nitrogen and oxygen atoms in total. The molecule has 2 aromatic rings. The third-order valence-corrected chi connectivity index (χ3v) is 4.67. The van der Waals surface area contributed by atoms with Gasteiger partial charge in [-0.2, -0.15) is 5.26 Å². The van der Waals surface area contributed by atoms with Crippen LogP contribution in [0.5, 0.6) is 0 Å². The van der Waals surface area contributed by atoms with Crippen molar-refractivity contribution in [2.75, 3.05) is 11.9 Å². The minimum atomic E-state index is -1.35. The minimum absolute atomic E-state index is 0.235. The fourth-order valence-electron chi connectivity index (χ4n) is 3.17. The van der Waals surface area contributed by atoms with Crippen LogP contribution in [0.4, 0.5) is 14.9 Å². The van der Waals surface area contributed by atoms with E-state index < -0.39 is 35.7 Å². The van der Waals surface area contributed by atoms with E-state index in [0.29, 0.717) is 11.3 Å². The van der Waals surface area contributed by atoms with Gasteiger partial charge in [-0.1, -0.05) is 31.2 Å². The number of carbonyl (C=O) groups is 3. The van der Waals surface area contributed by atoms with Gasteiger partial charge in [0.15, 0.2) is 0 Å². The highest BCUT2D eigenvalue weighted by Gasteiger charge is 2.51. The normalized spacial score (nSPS) is 18.5. The molecule has 28 heavy (non-hydrogen) atoms.